The van der Waals surface area contributed by atoms with Gasteiger partial charge in [0, 0.05) is 23.7 Å². The minimum Gasteiger partial charge on any atom is -0.497 e. The number of amides is 2. The van der Waals surface area contributed by atoms with Crippen LogP contribution in [0, 0.1) is 11.7 Å². The van der Waals surface area contributed by atoms with Crippen molar-refractivity contribution in [3.05, 3.63) is 59.1 Å². The highest BCUT2D eigenvalue weighted by molar-refractivity contribution is 6.03. The van der Waals surface area contributed by atoms with Gasteiger partial charge in [0.1, 0.15) is 23.2 Å². The fraction of sp³-hybridized carbons (Fsp3) is 0.346. The van der Waals surface area contributed by atoms with Crippen LogP contribution in [-0.2, 0) is 17.9 Å². The molecule has 0 fully saturated rings. The van der Waals surface area contributed by atoms with E-state index in [4.69, 9.17) is 19.6 Å². The monoisotopic (exact) mass is 496 g/mol. The molecule has 10 heteroatoms. The molecule has 1 aromatic carbocycles. The Morgan fingerprint density at radius 2 is 2.06 bits per heavy atom. The molecule has 1 aliphatic heterocycles. The summed E-state index contributed by atoms with van der Waals surface area (Å²) in [5, 5.41) is 2.85. The molecule has 4 rings (SSSR count). The maximum atomic E-state index is 15.8. The van der Waals surface area contributed by atoms with Gasteiger partial charge >= 0.3 is 0 Å². The summed E-state index contributed by atoms with van der Waals surface area (Å²) in [6, 6.07) is 7.76. The van der Waals surface area contributed by atoms with Gasteiger partial charge in [0.25, 0.3) is 5.91 Å². The number of pyridine rings is 1. The average Bonchev–Trinajstić information content (AvgIpc) is 3.49. The SMILES string of the molecule is COc1ccc(CN2Cc3c(F)c(NC(CC(C)C)C(N)=O)nc(-c4ccco4)c3C2=O)c(OC)c1. The normalized spacial score (nSPS) is 13.6. The predicted octanol–water partition coefficient (Wildman–Crippen LogP) is 3.97. The van der Waals surface area contributed by atoms with Crippen LogP contribution in [-0.4, -0.2) is 42.0 Å². The van der Waals surface area contributed by atoms with Crippen LogP contribution >= 0.6 is 0 Å². The Hall–Kier alpha value is -4.08. The molecular weight excluding hydrogens is 467 g/mol. The second-order valence-electron chi connectivity index (χ2n) is 9.02. The highest BCUT2D eigenvalue weighted by atomic mass is 19.1. The van der Waals surface area contributed by atoms with Crippen molar-refractivity contribution in [3.63, 3.8) is 0 Å². The molecule has 3 heterocycles. The number of primary amides is 1. The predicted molar refractivity (Wildman–Crippen MR) is 131 cm³/mol. The number of benzene rings is 1. The number of ether oxygens (including phenoxy) is 2. The highest BCUT2D eigenvalue weighted by Gasteiger charge is 2.37. The van der Waals surface area contributed by atoms with Crippen molar-refractivity contribution in [2.45, 2.75) is 39.4 Å². The lowest BCUT2D eigenvalue weighted by Gasteiger charge is -2.19. The molecular formula is C26H29FN4O5. The third kappa shape index (κ3) is 4.84. The number of halogens is 1. The molecule has 9 nitrogen and oxygen atoms in total. The smallest absolute Gasteiger partial charge is 0.257 e. The molecule has 0 bridgehead atoms. The average molecular weight is 497 g/mol. The zero-order chi connectivity index (χ0) is 26.0. The lowest BCUT2D eigenvalue weighted by Crippen LogP contribution is -2.37. The van der Waals surface area contributed by atoms with Crippen LogP contribution in [0.25, 0.3) is 11.5 Å². The van der Waals surface area contributed by atoms with Crippen molar-refractivity contribution in [1.29, 1.82) is 0 Å². The van der Waals surface area contributed by atoms with Gasteiger partial charge in [0.2, 0.25) is 5.91 Å². The van der Waals surface area contributed by atoms with E-state index >= 15 is 4.39 Å². The van der Waals surface area contributed by atoms with Gasteiger partial charge in [-0.1, -0.05) is 13.8 Å². The fourth-order valence-corrected chi connectivity index (χ4v) is 4.30. The summed E-state index contributed by atoms with van der Waals surface area (Å²) >= 11 is 0. The van der Waals surface area contributed by atoms with Crippen molar-refractivity contribution >= 4 is 17.6 Å². The van der Waals surface area contributed by atoms with Crippen LogP contribution in [0.1, 0.15) is 41.8 Å². The zero-order valence-corrected chi connectivity index (χ0v) is 20.6. The van der Waals surface area contributed by atoms with E-state index in [9.17, 15) is 9.59 Å². The second kappa shape index (κ2) is 10.3. The first kappa shape index (κ1) is 25.0. The van der Waals surface area contributed by atoms with Crippen LogP contribution in [0.15, 0.2) is 41.0 Å². The summed E-state index contributed by atoms with van der Waals surface area (Å²) in [5.74, 6) is -0.254. The molecule has 0 radical (unpaired) electrons. The molecule has 190 valence electrons. The molecule has 0 aliphatic carbocycles. The summed E-state index contributed by atoms with van der Waals surface area (Å²) in [5.41, 5.74) is 6.78. The summed E-state index contributed by atoms with van der Waals surface area (Å²) in [7, 11) is 3.08. The Kier molecular flexibility index (Phi) is 7.14. The van der Waals surface area contributed by atoms with Gasteiger partial charge in [-0.15, -0.1) is 0 Å². The van der Waals surface area contributed by atoms with Gasteiger partial charge in [-0.3, -0.25) is 9.59 Å². The minimum atomic E-state index is -0.828. The minimum absolute atomic E-state index is 0.00547. The highest BCUT2D eigenvalue weighted by Crippen LogP contribution is 2.38. The number of nitrogens with one attached hydrogen (secondary N) is 1. The van der Waals surface area contributed by atoms with Crippen molar-refractivity contribution < 1.29 is 27.9 Å². The number of carbonyl (C=O) groups excluding carboxylic acids is 2. The molecule has 2 amide bonds. The Balaban J connectivity index is 1.74. The third-order valence-electron chi connectivity index (χ3n) is 6.06. The number of anilines is 1. The Morgan fingerprint density at radius 1 is 1.28 bits per heavy atom. The molecule has 0 spiro atoms. The van der Waals surface area contributed by atoms with E-state index in [2.05, 4.69) is 10.3 Å². The maximum absolute atomic E-state index is 15.8. The topological polar surface area (TPSA) is 120 Å². The van der Waals surface area contributed by atoms with Gasteiger partial charge in [-0.25, -0.2) is 9.37 Å². The van der Waals surface area contributed by atoms with Crippen molar-refractivity contribution in [1.82, 2.24) is 9.88 Å². The van der Waals surface area contributed by atoms with Gasteiger partial charge in [0.05, 0.1) is 32.6 Å². The van der Waals surface area contributed by atoms with Gasteiger partial charge in [-0.05, 0) is 36.6 Å². The second-order valence-corrected chi connectivity index (χ2v) is 9.02. The van der Waals surface area contributed by atoms with E-state index in [0.29, 0.717) is 23.7 Å². The summed E-state index contributed by atoms with van der Waals surface area (Å²) in [4.78, 5) is 31.4. The molecule has 3 N–H and O–H groups in total. The standard InChI is InChI=1S/C26H29FN4O5/c1-14(2)10-18(24(28)32)29-25-22(27)17-13-31(12-15-7-8-16(34-3)11-20(15)35-4)26(33)21(17)23(30-25)19-6-5-9-36-19/h5-9,11,14,18H,10,12-13H2,1-4H3,(H2,28,32)(H,29,30). The lowest BCUT2D eigenvalue weighted by molar-refractivity contribution is -0.119. The molecule has 0 saturated heterocycles. The maximum Gasteiger partial charge on any atom is 0.257 e. The number of hydrogen-bond donors (Lipinski definition) is 2. The van der Waals surface area contributed by atoms with Crippen molar-refractivity contribution in [3.8, 4) is 23.0 Å². The largest absolute Gasteiger partial charge is 0.497 e. The van der Waals surface area contributed by atoms with E-state index in [1.807, 2.05) is 13.8 Å². The summed E-state index contributed by atoms with van der Waals surface area (Å²) in [6.45, 7) is 4.05. The number of methoxy groups -OCH3 is 2. The van der Waals surface area contributed by atoms with Crippen LogP contribution in [0.5, 0.6) is 11.5 Å². The van der Waals surface area contributed by atoms with E-state index < -0.39 is 17.8 Å². The summed E-state index contributed by atoms with van der Waals surface area (Å²) in [6.07, 6.45) is 1.84. The number of fused-ring (bicyclic) bond motifs is 1. The number of furan rings is 1. The molecule has 3 aromatic rings. The number of rotatable bonds is 10. The number of hydrogen-bond acceptors (Lipinski definition) is 7. The Morgan fingerprint density at radius 3 is 2.67 bits per heavy atom. The fourth-order valence-electron chi connectivity index (χ4n) is 4.30. The van der Waals surface area contributed by atoms with E-state index in [1.165, 1.54) is 18.3 Å². The molecule has 0 saturated carbocycles. The van der Waals surface area contributed by atoms with Gasteiger partial charge < -0.3 is 29.8 Å². The van der Waals surface area contributed by atoms with Crippen molar-refractivity contribution in [2.24, 2.45) is 11.7 Å². The van der Waals surface area contributed by atoms with Crippen LogP contribution in [0.2, 0.25) is 0 Å². The molecule has 1 unspecified atom stereocenters. The number of nitrogens with zero attached hydrogens (tertiary/aromatic N) is 2. The van der Waals surface area contributed by atoms with Gasteiger partial charge in [0.15, 0.2) is 17.4 Å². The number of carbonyl (C=O) groups is 2. The van der Waals surface area contributed by atoms with Crippen LogP contribution < -0.4 is 20.5 Å². The third-order valence-corrected chi connectivity index (χ3v) is 6.06. The first-order valence-corrected chi connectivity index (χ1v) is 11.6. The van der Waals surface area contributed by atoms with Gasteiger partial charge in [-0.2, -0.15) is 0 Å². The van der Waals surface area contributed by atoms with E-state index in [-0.39, 0.29) is 47.6 Å². The first-order chi connectivity index (χ1) is 17.2. The lowest BCUT2D eigenvalue weighted by atomic mass is 10.0. The molecule has 1 aliphatic rings. The van der Waals surface area contributed by atoms with Crippen molar-refractivity contribution in [2.75, 3.05) is 19.5 Å². The first-order valence-electron chi connectivity index (χ1n) is 11.6. The van der Waals surface area contributed by atoms with E-state index in [0.717, 1.165) is 5.56 Å². The Bertz CT molecular complexity index is 1280. The quantitative estimate of drug-likeness (QED) is 0.436. The molecule has 36 heavy (non-hydrogen) atoms. The van der Waals surface area contributed by atoms with Crippen LogP contribution in [0.3, 0.4) is 0 Å². The summed E-state index contributed by atoms with van der Waals surface area (Å²) < 4.78 is 32.0. The van der Waals surface area contributed by atoms with Crippen LogP contribution in [0.4, 0.5) is 10.2 Å². The zero-order valence-electron chi connectivity index (χ0n) is 20.6. The molecule has 2 aromatic heterocycles. The number of aromatic nitrogens is 1. The van der Waals surface area contributed by atoms with E-state index in [1.54, 1.807) is 37.4 Å². The number of nitrogens with two attached hydrogens (primary N) is 1. The Labute approximate surface area is 208 Å². The molecule has 1 atom stereocenters.